The lowest BCUT2D eigenvalue weighted by atomic mass is 9.92. The molecule has 0 bridgehead atoms. The highest BCUT2D eigenvalue weighted by Gasteiger charge is 2.30. The Morgan fingerprint density at radius 2 is 1.70 bits per heavy atom. The number of hydrogen-bond acceptors (Lipinski definition) is 6. The van der Waals surface area contributed by atoms with Crippen LogP contribution in [0.25, 0.3) is 0 Å². The maximum Gasteiger partial charge on any atom is 0.123 e. The summed E-state index contributed by atoms with van der Waals surface area (Å²) in [6.45, 7) is 7.26. The zero-order valence-corrected chi connectivity index (χ0v) is 20.3. The van der Waals surface area contributed by atoms with Crippen molar-refractivity contribution in [3.05, 3.63) is 59.7 Å². The Hall–Kier alpha value is -2.12. The molecule has 6 heteroatoms. The van der Waals surface area contributed by atoms with Gasteiger partial charge in [-0.2, -0.15) is 0 Å². The minimum atomic E-state index is -1.38. The summed E-state index contributed by atoms with van der Waals surface area (Å²) < 4.78 is 11.9. The SMILES string of the molecule is CNCc1cccc(OCC(C)C(N)(O)Cc2cccc(OCCCN3CCCCC3)c2)c1. The third-order valence-corrected chi connectivity index (χ3v) is 6.35. The van der Waals surface area contributed by atoms with E-state index in [1.807, 2.05) is 56.4 Å². The number of aliphatic hydroxyl groups is 1. The van der Waals surface area contributed by atoms with Crippen molar-refractivity contribution in [2.45, 2.75) is 51.3 Å². The summed E-state index contributed by atoms with van der Waals surface area (Å²) in [7, 11) is 1.92. The van der Waals surface area contributed by atoms with Gasteiger partial charge in [-0.25, -0.2) is 0 Å². The number of benzene rings is 2. The number of nitrogens with zero attached hydrogens (tertiary/aromatic N) is 1. The Balaban J connectivity index is 1.45. The summed E-state index contributed by atoms with van der Waals surface area (Å²) in [5, 5.41) is 14.1. The van der Waals surface area contributed by atoms with E-state index in [1.54, 1.807) is 0 Å². The van der Waals surface area contributed by atoms with Crippen molar-refractivity contribution in [2.24, 2.45) is 11.7 Å². The topological polar surface area (TPSA) is 80.0 Å². The third kappa shape index (κ3) is 8.63. The van der Waals surface area contributed by atoms with Gasteiger partial charge in [-0.15, -0.1) is 0 Å². The molecule has 1 fully saturated rings. The molecule has 0 saturated carbocycles. The molecule has 33 heavy (non-hydrogen) atoms. The van der Waals surface area contributed by atoms with Gasteiger partial charge in [0, 0.05) is 25.4 Å². The lowest BCUT2D eigenvalue weighted by Gasteiger charge is -2.30. The number of nitrogens with one attached hydrogen (secondary N) is 1. The molecule has 1 aliphatic rings. The van der Waals surface area contributed by atoms with Crippen LogP contribution in [0, 0.1) is 5.92 Å². The van der Waals surface area contributed by atoms with E-state index in [0.717, 1.165) is 42.1 Å². The lowest BCUT2D eigenvalue weighted by molar-refractivity contribution is -0.0225. The largest absolute Gasteiger partial charge is 0.494 e. The second-order valence-electron chi connectivity index (χ2n) is 9.31. The molecule has 4 N–H and O–H groups in total. The average molecular weight is 456 g/mol. The fourth-order valence-corrected chi connectivity index (χ4v) is 4.22. The molecule has 182 valence electrons. The van der Waals surface area contributed by atoms with E-state index in [0.29, 0.717) is 19.6 Å². The van der Waals surface area contributed by atoms with Crippen LogP contribution in [-0.2, 0) is 13.0 Å². The Bertz CT molecular complexity index is 837. The quantitative estimate of drug-likeness (QED) is 0.317. The highest BCUT2D eigenvalue weighted by molar-refractivity contribution is 5.30. The lowest BCUT2D eigenvalue weighted by Crippen LogP contribution is -2.50. The van der Waals surface area contributed by atoms with Crippen molar-refractivity contribution >= 4 is 0 Å². The average Bonchev–Trinajstić information content (AvgIpc) is 2.81. The van der Waals surface area contributed by atoms with E-state index in [2.05, 4.69) is 16.3 Å². The van der Waals surface area contributed by atoms with Gasteiger partial charge in [-0.3, -0.25) is 0 Å². The molecule has 2 aromatic rings. The monoisotopic (exact) mass is 455 g/mol. The Morgan fingerprint density at radius 1 is 1.03 bits per heavy atom. The van der Waals surface area contributed by atoms with Crippen molar-refractivity contribution < 1.29 is 14.6 Å². The molecule has 1 aliphatic heterocycles. The zero-order valence-electron chi connectivity index (χ0n) is 20.3. The Morgan fingerprint density at radius 3 is 2.42 bits per heavy atom. The van der Waals surface area contributed by atoms with Crippen LogP contribution in [-0.4, -0.2) is 55.6 Å². The molecular formula is C27H41N3O3. The van der Waals surface area contributed by atoms with Crippen LogP contribution in [0.3, 0.4) is 0 Å². The molecule has 0 spiro atoms. The van der Waals surface area contributed by atoms with E-state index in [-0.39, 0.29) is 5.92 Å². The maximum absolute atomic E-state index is 10.9. The normalized spacial score (nSPS) is 17.3. The predicted octanol–water partition coefficient (Wildman–Crippen LogP) is 3.57. The van der Waals surface area contributed by atoms with E-state index in [4.69, 9.17) is 15.2 Å². The van der Waals surface area contributed by atoms with Crippen molar-refractivity contribution in [3.63, 3.8) is 0 Å². The number of ether oxygens (including phenoxy) is 2. The first-order chi connectivity index (χ1) is 16.0. The molecule has 2 unspecified atom stereocenters. The van der Waals surface area contributed by atoms with Gasteiger partial charge in [0.15, 0.2) is 0 Å². The number of hydrogen-bond donors (Lipinski definition) is 3. The molecule has 2 atom stereocenters. The molecule has 0 aromatic heterocycles. The van der Waals surface area contributed by atoms with Gasteiger partial charge in [0.1, 0.15) is 17.2 Å². The minimum Gasteiger partial charge on any atom is -0.494 e. The van der Waals surface area contributed by atoms with Crippen molar-refractivity contribution in [1.82, 2.24) is 10.2 Å². The molecule has 0 radical (unpaired) electrons. The Kier molecular flexibility index (Phi) is 10.0. The summed E-state index contributed by atoms with van der Waals surface area (Å²) in [5.74, 6) is 1.36. The Labute approximate surface area is 199 Å². The van der Waals surface area contributed by atoms with Gasteiger partial charge in [0.25, 0.3) is 0 Å². The number of nitrogens with two attached hydrogens (primary N) is 1. The molecule has 1 heterocycles. The first-order valence-corrected chi connectivity index (χ1v) is 12.3. The molecular weight excluding hydrogens is 414 g/mol. The fourth-order valence-electron chi connectivity index (χ4n) is 4.22. The molecule has 3 rings (SSSR count). The highest BCUT2D eigenvalue weighted by Crippen LogP contribution is 2.23. The van der Waals surface area contributed by atoms with E-state index in [1.165, 1.54) is 32.4 Å². The number of likely N-dealkylation sites (tertiary alicyclic amines) is 1. The first-order valence-electron chi connectivity index (χ1n) is 12.3. The van der Waals surface area contributed by atoms with E-state index in [9.17, 15) is 5.11 Å². The van der Waals surface area contributed by atoms with Crippen molar-refractivity contribution in [1.29, 1.82) is 0 Å². The summed E-state index contributed by atoms with van der Waals surface area (Å²) in [5.41, 5.74) is 7.03. The van der Waals surface area contributed by atoms with Gasteiger partial charge < -0.3 is 30.5 Å². The van der Waals surface area contributed by atoms with Crippen LogP contribution in [0.5, 0.6) is 11.5 Å². The van der Waals surface area contributed by atoms with Crippen molar-refractivity contribution in [2.75, 3.05) is 39.9 Å². The molecule has 0 amide bonds. The van der Waals surface area contributed by atoms with E-state index >= 15 is 0 Å². The summed E-state index contributed by atoms with van der Waals surface area (Å²) in [4.78, 5) is 2.53. The van der Waals surface area contributed by atoms with E-state index < -0.39 is 5.72 Å². The van der Waals surface area contributed by atoms with Gasteiger partial charge in [0.05, 0.1) is 13.2 Å². The molecule has 2 aromatic carbocycles. The minimum absolute atomic E-state index is 0.250. The fraction of sp³-hybridized carbons (Fsp3) is 0.556. The van der Waals surface area contributed by atoms with Gasteiger partial charge in [0.2, 0.25) is 0 Å². The molecule has 1 saturated heterocycles. The standard InChI is InChI=1S/C27H41N3O3/c1-22(21-33-26-12-7-10-24(18-26)20-29-2)27(28,31)19-23-9-6-11-25(17-23)32-16-8-15-30-13-4-3-5-14-30/h6-7,9-12,17-18,22,29,31H,3-5,8,13-16,19-21,28H2,1-2H3. The highest BCUT2D eigenvalue weighted by atomic mass is 16.5. The summed E-state index contributed by atoms with van der Waals surface area (Å²) in [6.07, 6.45) is 5.35. The van der Waals surface area contributed by atoms with Crippen LogP contribution in [0.15, 0.2) is 48.5 Å². The molecule has 6 nitrogen and oxygen atoms in total. The van der Waals surface area contributed by atoms with Crippen molar-refractivity contribution in [3.8, 4) is 11.5 Å². The second kappa shape index (κ2) is 12.9. The molecule has 0 aliphatic carbocycles. The summed E-state index contributed by atoms with van der Waals surface area (Å²) >= 11 is 0. The zero-order chi connectivity index (χ0) is 23.5. The number of rotatable bonds is 13. The number of piperidine rings is 1. The smallest absolute Gasteiger partial charge is 0.123 e. The van der Waals surface area contributed by atoms with Crippen LogP contribution in [0.2, 0.25) is 0 Å². The third-order valence-electron chi connectivity index (χ3n) is 6.35. The predicted molar refractivity (Wildman–Crippen MR) is 134 cm³/mol. The van der Waals surface area contributed by atoms with Gasteiger partial charge >= 0.3 is 0 Å². The first kappa shape index (κ1) is 25.5. The second-order valence-corrected chi connectivity index (χ2v) is 9.31. The van der Waals surface area contributed by atoms with Crippen LogP contribution >= 0.6 is 0 Å². The summed E-state index contributed by atoms with van der Waals surface area (Å²) in [6, 6.07) is 15.8. The van der Waals surface area contributed by atoms with Crippen LogP contribution in [0.4, 0.5) is 0 Å². The van der Waals surface area contributed by atoms with Gasteiger partial charge in [-0.05, 0) is 74.8 Å². The van der Waals surface area contributed by atoms with Crippen LogP contribution in [0.1, 0.15) is 43.7 Å². The maximum atomic E-state index is 10.9. The van der Waals surface area contributed by atoms with Gasteiger partial charge in [-0.1, -0.05) is 37.6 Å². The van der Waals surface area contributed by atoms with Crippen LogP contribution < -0.4 is 20.5 Å².